The van der Waals surface area contributed by atoms with Crippen molar-refractivity contribution in [3.63, 3.8) is 0 Å². The number of anilines is 1. The zero-order chi connectivity index (χ0) is 15.4. The van der Waals surface area contributed by atoms with E-state index < -0.39 is 0 Å². The average molecular weight is 406 g/mol. The highest BCUT2D eigenvalue weighted by Crippen LogP contribution is 2.28. The van der Waals surface area contributed by atoms with Gasteiger partial charge in [0.05, 0.1) is 12.8 Å². The van der Waals surface area contributed by atoms with E-state index >= 15 is 0 Å². The number of hydrogen-bond acceptors (Lipinski definition) is 3. The third-order valence-electron chi connectivity index (χ3n) is 4.09. The van der Waals surface area contributed by atoms with Gasteiger partial charge < -0.3 is 9.64 Å². The lowest BCUT2D eigenvalue weighted by Crippen LogP contribution is -2.46. The minimum absolute atomic E-state index is 0.966. The van der Waals surface area contributed by atoms with Crippen molar-refractivity contribution >= 4 is 28.3 Å². The monoisotopic (exact) mass is 406 g/mol. The summed E-state index contributed by atoms with van der Waals surface area (Å²) < 4.78 is 6.79. The molecule has 0 spiro atoms. The smallest absolute Gasteiger partial charge is 0.142 e. The van der Waals surface area contributed by atoms with Crippen LogP contribution >= 0.6 is 22.6 Å². The van der Waals surface area contributed by atoms with Gasteiger partial charge in [0.25, 0.3) is 0 Å². The Morgan fingerprint density at radius 2 is 1.77 bits per heavy atom. The van der Waals surface area contributed by atoms with E-state index in [1.54, 1.807) is 7.11 Å². The summed E-state index contributed by atoms with van der Waals surface area (Å²) in [5.74, 6) is 0.966. The molecular formula is C18H21IN2O. The van der Waals surface area contributed by atoms with E-state index in [1.165, 1.54) is 14.8 Å². The number of rotatable bonds is 4. The molecule has 0 unspecified atom stereocenters. The van der Waals surface area contributed by atoms with Crippen molar-refractivity contribution in [3.8, 4) is 5.75 Å². The Morgan fingerprint density at radius 1 is 1.00 bits per heavy atom. The fourth-order valence-electron chi connectivity index (χ4n) is 2.93. The largest absolute Gasteiger partial charge is 0.495 e. The molecule has 0 radical (unpaired) electrons. The molecule has 4 heteroatoms. The zero-order valence-electron chi connectivity index (χ0n) is 12.8. The van der Waals surface area contributed by atoms with Crippen LogP contribution in [0.15, 0.2) is 48.5 Å². The lowest BCUT2D eigenvalue weighted by atomic mass is 10.2. The van der Waals surface area contributed by atoms with Crippen molar-refractivity contribution in [2.45, 2.75) is 6.54 Å². The standard InChI is InChI=1S/C18H21IN2O/c1-22-18-8-3-2-7-17(18)21-11-9-20(10-12-21)14-15-5-4-6-16(19)13-15/h2-8,13H,9-12,14H2,1H3/i19-2. The van der Waals surface area contributed by atoms with Gasteiger partial charge in [-0.25, -0.2) is 0 Å². The van der Waals surface area contributed by atoms with Gasteiger partial charge in [-0.2, -0.15) is 0 Å². The second-order valence-corrected chi connectivity index (χ2v) is 6.81. The maximum Gasteiger partial charge on any atom is 0.142 e. The number of halogens is 1. The van der Waals surface area contributed by atoms with E-state index in [9.17, 15) is 0 Å². The van der Waals surface area contributed by atoms with Gasteiger partial charge in [-0.15, -0.1) is 0 Å². The quantitative estimate of drug-likeness (QED) is 0.722. The molecular weight excluding hydrogens is 385 g/mol. The summed E-state index contributed by atoms with van der Waals surface area (Å²) in [5.41, 5.74) is 2.61. The Kier molecular flexibility index (Phi) is 5.20. The molecule has 1 heterocycles. The summed E-state index contributed by atoms with van der Waals surface area (Å²) >= 11 is 2.38. The number of methoxy groups -OCH3 is 1. The molecule has 0 saturated carbocycles. The molecule has 0 bridgehead atoms. The third kappa shape index (κ3) is 3.73. The van der Waals surface area contributed by atoms with Gasteiger partial charge in [-0.05, 0) is 52.4 Å². The van der Waals surface area contributed by atoms with Gasteiger partial charge >= 0.3 is 0 Å². The highest BCUT2D eigenvalue weighted by molar-refractivity contribution is 14.1. The predicted octanol–water partition coefficient (Wildman–Crippen LogP) is 3.62. The molecule has 2 aromatic rings. The fourth-order valence-corrected chi connectivity index (χ4v) is 3.54. The van der Waals surface area contributed by atoms with Gasteiger partial charge in [0.1, 0.15) is 5.75 Å². The van der Waals surface area contributed by atoms with E-state index in [-0.39, 0.29) is 0 Å². The normalized spacial score (nSPS) is 15.8. The van der Waals surface area contributed by atoms with Crippen LogP contribution in [0.4, 0.5) is 5.69 Å². The van der Waals surface area contributed by atoms with E-state index in [1.807, 2.05) is 12.1 Å². The Bertz CT molecular complexity index is 624. The van der Waals surface area contributed by atoms with Crippen molar-refractivity contribution in [2.75, 3.05) is 38.2 Å². The third-order valence-corrected chi connectivity index (χ3v) is 4.76. The lowest BCUT2D eigenvalue weighted by Gasteiger charge is -2.36. The minimum atomic E-state index is 0.966. The zero-order valence-corrected chi connectivity index (χ0v) is 15.0. The van der Waals surface area contributed by atoms with Crippen LogP contribution in [0.2, 0.25) is 0 Å². The van der Waals surface area contributed by atoms with Crippen molar-refractivity contribution in [1.29, 1.82) is 0 Å². The van der Waals surface area contributed by atoms with Crippen molar-refractivity contribution in [3.05, 3.63) is 57.7 Å². The molecule has 3 rings (SSSR count). The Hall–Kier alpha value is -1.27. The number of para-hydroxylation sites is 2. The number of hydrogen-bond donors (Lipinski definition) is 0. The van der Waals surface area contributed by atoms with Gasteiger partial charge in [-0.1, -0.05) is 24.3 Å². The molecule has 0 atom stereocenters. The van der Waals surface area contributed by atoms with Crippen molar-refractivity contribution in [2.24, 2.45) is 0 Å². The van der Waals surface area contributed by atoms with Crippen molar-refractivity contribution < 1.29 is 4.74 Å². The maximum absolute atomic E-state index is 5.48. The van der Waals surface area contributed by atoms with E-state index in [0.29, 0.717) is 0 Å². The molecule has 22 heavy (non-hydrogen) atoms. The summed E-state index contributed by atoms with van der Waals surface area (Å²) in [4.78, 5) is 4.95. The van der Waals surface area contributed by atoms with Crippen LogP contribution < -0.4 is 9.64 Å². The Balaban J connectivity index is 1.60. The molecule has 3 nitrogen and oxygen atoms in total. The lowest BCUT2D eigenvalue weighted by molar-refractivity contribution is 0.249. The summed E-state index contributed by atoms with van der Waals surface area (Å²) in [6.07, 6.45) is 0. The summed E-state index contributed by atoms with van der Waals surface area (Å²) in [6, 6.07) is 17.1. The van der Waals surface area contributed by atoms with Gasteiger partial charge in [0.15, 0.2) is 0 Å². The van der Waals surface area contributed by atoms with Crippen LogP contribution in [0, 0.1) is 3.57 Å². The van der Waals surface area contributed by atoms with Crippen LogP contribution in [0.25, 0.3) is 0 Å². The molecule has 1 saturated heterocycles. The van der Waals surface area contributed by atoms with Crippen LogP contribution in [0.3, 0.4) is 0 Å². The molecule has 0 amide bonds. The molecule has 0 N–H and O–H groups in total. The van der Waals surface area contributed by atoms with Crippen LogP contribution in [0.1, 0.15) is 5.56 Å². The van der Waals surface area contributed by atoms with Gasteiger partial charge in [0.2, 0.25) is 0 Å². The van der Waals surface area contributed by atoms with E-state index in [4.69, 9.17) is 4.74 Å². The summed E-state index contributed by atoms with van der Waals surface area (Å²) in [7, 11) is 1.74. The van der Waals surface area contributed by atoms with Gasteiger partial charge in [-0.3, -0.25) is 4.90 Å². The first kappa shape index (κ1) is 15.6. The minimum Gasteiger partial charge on any atom is -0.495 e. The first-order chi connectivity index (χ1) is 10.8. The average Bonchev–Trinajstić information content (AvgIpc) is 2.56. The Labute approximate surface area is 146 Å². The maximum atomic E-state index is 5.48. The number of nitrogens with zero attached hydrogens (tertiary/aromatic N) is 2. The van der Waals surface area contributed by atoms with Crippen LogP contribution in [-0.2, 0) is 6.54 Å². The summed E-state index contributed by atoms with van der Waals surface area (Å²) in [6.45, 7) is 5.30. The first-order valence-electron chi connectivity index (χ1n) is 7.61. The number of piperazine rings is 1. The van der Waals surface area contributed by atoms with Crippen LogP contribution in [0.5, 0.6) is 5.75 Å². The molecule has 116 valence electrons. The molecule has 0 aromatic heterocycles. The number of ether oxygens (including phenoxy) is 1. The predicted molar refractivity (Wildman–Crippen MR) is 99.6 cm³/mol. The van der Waals surface area contributed by atoms with Crippen molar-refractivity contribution in [1.82, 2.24) is 4.90 Å². The molecule has 2 aromatic carbocycles. The highest BCUT2D eigenvalue weighted by atomic mass is 125. The molecule has 0 aliphatic carbocycles. The second-order valence-electron chi connectivity index (χ2n) is 5.56. The van der Waals surface area contributed by atoms with Gasteiger partial charge in [0, 0.05) is 36.3 Å². The van der Waals surface area contributed by atoms with Crippen LogP contribution in [-0.4, -0.2) is 38.2 Å². The topological polar surface area (TPSA) is 15.7 Å². The SMILES string of the molecule is COc1ccccc1N1CCN(Cc2cccc([125I])c2)CC1. The molecule has 1 aliphatic rings. The molecule has 1 aliphatic heterocycles. The Morgan fingerprint density at radius 3 is 2.50 bits per heavy atom. The number of benzene rings is 2. The second kappa shape index (κ2) is 7.33. The first-order valence-corrected chi connectivity index (χ1v) is 8.69. The van der Waals surface area contributed by atoms with E-state index in [2.05, 4.69) is 68.8 Å². The summed E-state index contributed by atoms with van der Waals surface area (Å²) in [5, 5.41) is 0. The van der Waals surface area contributed by atoms with E-state index in [0.717, 1.165) is 38.5 Å². The molecule has 1 fully saturated rings. The highest BCUT2D eigenvalue weighted by Gasteiger charge is 2.19. The fraction of sp³-hybridized carbons (Fsp3) is 0.333.